The molecule has 0 bridgehead atoms. The Morgan fingerprint density at radius 2 is 2.18 bits per heavy atom. The van der Waals surface area contributed by atoms with Crippen molar-refractivity contribution in [1.82, 2.24) is 5.32 Å². The first-order valence-electron chi connectivity index (χ1n) is 5.87. The highest BCUT2D eigenvalue weighted by Gasteiger charge is 2.06. The summed E-state index contributed by atoms with van der Waals surface area (Å²) < 4.78 is 0. The van der Waals surface area contributed by atoms with Gasteiger partial charge >= 0.3 is 0 Å². The molecule has 0 aliphatic rings. The highest BCUT2D eigenvalue weighted by Crippen LogP contribution is 2.22. The first-order valence-corrected chi connectivity index (χ1v) is 6.65. The van der Waals surface area contributed by atoms with Gasteiger partial charge in [0.1, 0.15) is 0 Å². The van der Waals surface area contributed by atoms with E-state index in [1.165, 1.54) is 0 Å². The topological polar surface area (TPSA) is 24.1 Å². The Bertz CT molecular complexity index is 393. The maximum absolute atomic E-state index is 6.05. The van der Waals surface area contributed by atoms with Crippen LogP contribution in [0.4, 0.5) is 5.69 Å². The van der Waals surface area contributed by atoms with E-state index >= 15 is 0 Å². The summed E-state index contributed by atoms with van der Waals surface area (Å²) in [5, 5.41) is 7.83. The molecular weight excluding hydrogens is 252 g/mol. The zero-order valence-electron chi connectivity index (χ0n) is 10.5. The smallest absolute Gasteiger partial charge is 0.170 e. The van der Waals surface area contributed by atoms with Crippen LogP contribution >= 0.6 is 23.8 Å². The van der Waals surface area contributed by atoms with E-state index in [0.717, 1.165) is 29.1 Å². The zero-order valence-corrected chi connectivity index (χ0v) is 12.1. The van der Waals surface area contributed by atoms with Gasteiger partial charge in [-0.15, -0.1) is 0 Å². The lowest BCUT2D eigenvalue weighted by Gasteiger charge is -2.17. The first kappa shape index (κ1) is 14.3. The summed E-state index contributed by atoms with van der Waals surface area (Å²) in [6.07, 6.45) is 2.25. The number of halogens is 1. The van der Waals surface area contributed by atoms with Crippen LogP contribution in [0.5, 0.6) is 0 Å². The number of nitrogens with one attached hydrogen (secondary N) is 2. The molecule has 94 valence electrons. The Balaban J connectivity index is 2.59. The van der Waals surface area contributed by atoms with Crippen LogP contribution in [-0.2, 0) is 0 Å². The molecule has 0 spiro atoms. The molecular formula is C13H19ClN2S. The zero-order chi connectivity index (χ0) is 12.8. The summed E-state index contributed by atoms with van der Waals surface area (Å²) in [6.45, 7) is 6.26. The summed E-state index contributed by atoms with van der Waals surface area (Å²) in [5.41, 5.74) is 1.97. The molecule has 2 nitrogen and oxygen atoms in total. The SMILES string of the molecule is CCCC(C)NC(=S)Nc1cccc(Cl)c1C. The summed E-state index contributed by atoms with van der Waals surface area (Å²) in [7, 11) is 0. The van der Waals surface area contributed by atoms with Crippen molar-refractivity contribution < 1.29 is 0 Å². The quantitative estimate of drug-likeness (QED) is 0.805. The fourth-order valence-corrected chi connectivity index (χ4v) is 2.12. The number of hydrogen-bond acceptors (Lipinski definition) is 1. The predicted octanol–water partition coefficient (Wildman–Crippen LogP) is 4.12. The van der Waals surface area contributed by atoms with Crippen molar-refractivity contribution in [3.05, 3.63) is 28.8 Å². The van der Waals surface area contributed by atoms with Crippen molar-refractivity contribution >= 4 is 34.6 Å². The molecule has 1 atom stereocenters. The van der Waals surface area contributed by atoms with Gasteiger partial charge in [0.2, 0.25) is 0 Å². The van der Waals surface area contributed by atoms with E-state index in [9.17, 15) is 0 Å². The van der Waals surface area contributed by atoms with E-state index in [-0.39, 0.29) is 0 Å². The minimum absolute atomic E-state index is 0.388. The first-order chi connectivity index (χ1) is 8.04. The molecule has 0 aliphatic heterocycles. The maximum Gasteiger partial charge on any atom is 0.170 e. The van der Waals surface area contributed by atoms with Crippen LogP contribution in [0, 0.1) is 6.92 Å². The Morgan fingerprint density at radius 1 is 1.47 bits per heavy atom. The Labute approximate surface area is 114 Å². The summed E-state index contributed by atoms with van der Waals surface area (Å²) >= 11 is 11.3. The molecule has 1 aromatic carbocycles. The molecule has 0 amide bonds. The maximum atomic E-state index is 6.05. The fourth-order valence-electron chi connectivity index (χ4n) is 1.63. The molecule has 1 unspecified atom stereocenters. The van der Waals surface area contributed by atoms with E-state index < -0.39 is 0 Å². The van der Waals surface area contributed by atoms with Crippen molar-refractivity contribution in [3.63, 3.8) is 0 Å². The van der Waals surface area contributed by atoms with Gasteiger partial charge in [-0.05, 0) is 50.2 Å². The van der Waals surface area contributed by atoms with Crippen molar-refractivity contribution in [1.29, 1.82) is 0 Å². The molecule has 4 heteroatoms. The third-order valence-corrected chi connectivity index (χ3v) is 3.24. The molecule has 2 N–H and O–H groups in total. The largest absolute Gasteiger partial charge is 0.360 e. The third kappa shape index (κ3) is 4.52. The number of thiocarbonyl (C=S) groups is 1. The van der Waals surface area contributed by atoms with Crippen LogP contribution in [0.1, 0.15) is 32.3 Å². The van der Waals surface area contributed by atoms with Crippen molar-refractivity contribution in [2.75, 3.05) is 5.32 Å². The molecule has 1 rings (SSSR count). The van der Waals surface area contributed by atoms with Gasteiger partial charge in [-0.1, -0.05) is 31.0 Å². The molecule has 0 aromatic heterocycles. The summed E-state index contributed by atoms with van der Waals surface area (Å²) in [6, 6.07) is 6.15. The molecule has 0 saturated carbocycles. The van der Waals surface area contributed by atoms with Crippen LogP contribution in [0.25, 0.3) is 0 Å². The van der Waals surface area contributed by atoms with E-state index in [0.29, 0.717) is 11.2 Å². The minimum atomic E-state index is 0.388. The molecule has 0 radical (unpaired) electrons. The highest BCUT2D eigenvalue weighted by molar-refractivity contribution is 7.80. The van der Waals surface area contributed by atoms with Gasteiger partial charge in [0, 0.05) is 16.8 Å². The van der Waals surface area contributed by atoms with Crippen LogP contribution in [0.3, 0.4) is 0 Å². The average Bonchev–Trinajstić information content (AvgIpc) is 2.25. The lowest BCUT2D eigenvalue weighted by atomic mass is 10.2. The lowest BCUT2D eigenvalue weighted by Crippen LogP contribution is -2.35. The van der Waals surface area contributed by atoms with Gasteiger partial charge in [-0.3, -0.25) is 0 Å². The number of benzene rings is 1. The second-order valence-corrected chi connectivity index (χ2v) is 5.02. The molecule has 0 saturated heterocycles. The van der Waals surface area contributed by atoms with Gasteiger partial charge in [0.25, 0.3) is 0 Å². The van der Waals surface area contributed by atoms with Crippen LogP contribution in [0.15, 0.2) is 18.2 Å². The van der Waals surface area contributed by atoms with E-state index in [2.05, 4.69) is 24.5 Å². The van der Waals surface area contributed by atoms with Gasteiger partial charge in [-0.2, -0.15) is 0 Å². The average molecular weight is 271 g/mol. The molecule has 0 fully saturated rings. The summed E-state index contributed by atoms with van der Waals surface area (Å²) in [4.78, 5) is 0. The fraction of sp³-hybridized carbons (Fsp3) is 0.462. The van der Waals surface area contributed by atoms with Gasteiger partial charge < -0.3 is 10.6 Å². The van der Waals surface area contributed by atoms with Gasteiger partial charge in [0.15, 0.2) is 5.11 Å². The van der Waals surface area contributed by atoms with Gasteiger partial charge in [0.05, 0.1) is 0 Å². The summed E-state index contributed by atoms with van der Waals surface area (Å²) in [5.74, 6) is 0. The van der Waals surface area contributed by atoms with Crippen molar-refractivity contribution in [2.45, 2.75) is 39.7 Å². The molecule has 1 aromatic rings. The number of rotatable bonds is 4. The molecule has 0 aliphatic carbocycles. The number of anilines is 1. The Morgan fingerprint density at radius 3 is 2.82 bits per heavy atom. The van der Waals surface area contributed by atoms with Crippen LogP contribution in [0.2, 0.25) is 5.02 Å². The van der Waals surface area contributed by atoms with E-state index in [1.807, 2.05) is 25.1 Å². The Hall–Kier alpha value is -0.800. The monoisotopic (exact) mass is 270 g/mol. The standard InChI is InChI=1S/C13H19ClN2S/c1-4-6-9(2)15-13(17)16-12-8-5-7-11(14)10(12)3/h5,7-9H,4,6H2,1-3H3,(H2,15,16,17). The molecule has 17 heavy (non-hydrogen) atoms. The van der Waals surface area contributed by atoms with Crippen molar-refractivity contribution in [3.8, 4) is 0 Å². The second kappa shape index (κ2) is 6.82. The normalized spacial score (nSPS) is 12.0. The van der Waals surface area contributed by atoms with Crippen LogP contribution in [-0.4, -0.2) is 11.2 Å². The molecule has 0 heterocycles. The van der Waals surface area contributed by atoms with Crippen molar-refractivity contribution in [2.24, 2.45) is 0 Å². The third-order valence-electron chi connectivity index (χ3n) is 2.62. The second-order valence-electron chi connectivity index (χ2n) is 4.20. The van der Waals surface area contributed by atoms with E-state index in [4.69, 9.17) is 23.8 Å². The number of hydrogen-bond donors (Lipinski definition) is 2. The highest BCUT2D eigenvalue weighted by atomic mass is 35.5. The van der Waals surface area contributed by atoms with Gasteiger partial charge in [-0.25, -0.2) is 0 Å². The Kier molecular flexibility index (Phi) is 5.72. The lowest BCUT2D eigenvalue weighted by molar-refractivity contribution is 0.599. The van der Waals surface area contributed by atoms with E-state index in [1.54, 1.807) is 0 Å². The predicted molar refractivity (Wildman–Crippen MR) is 79.9 cm³/mol. The minimum Gasteiger partial charge on any atom is -0.360 e. The van der Waals surface area contributed by atoms with Crippen LogP contribution < -0.4 is 10.6 Å².